The van der Waals surface area contributed by atoms with E-state index in [0.29, 0.717) is 28.8 Å². The maximum atomic E-state index is 12.4. The maximum Gasteiger partial charge on any atom is 0.253 e. The standard InChI is InChI=1S/C19H21ClN4O2S/c1-4-19(2,3)23-18(25)14-6-5-13(9-15(14)20)21-10-16-22-17(24-26-16)12-7-8-27-11-12/h5-9,11,21H,4,10H2,1-3H3,(H,23,25). The van der Waals surface area contributed by atoms with Gasteiger partial charge >= 0.3 is 0 Å². The lowest BCUT2D eigenvalue weighted by molar-refractivity contribution is 0.0911. The van der Waals surface area contributed by atoms with Crippen molar-refractivity contribution in [2.45, 2.75) is 39.3 Å². The fourth-order valence-corrected chi connectivity index (χ4v) is 3.19. The number of benzene rings is 1. The van der Waals surface area contributed by atoms with Crippen LogP contribution in [0.25, 0.3) is 11.4 Å². The SMILES string of the molecule is CCC(C)(C)NC(=O)c1ccc(NCc2nc(-c3ccsc3)no2)cc1Cl. The lowest BCUT2D eigenvalue weighted by atomic mass is 10.0. The summed E-state index contributed by atoms with van der Waals surface area (Å²) in [6, 6.07) is 7.16. The molecule has 0 aliphatic rings. The van der Waals surface area contributed by atoms with Gasteiger partial charge in [-0.05, 0) is 49.9 Å². The van der Waals surface area contributed by atoms with Crippen LogP contribution in [0, 0.1) is 0 Å². The van der Waals surface area contributed by atoms with Gasteiger partial charge in [0.15, 0.2) is 0 Å². The van der Waals surface area contributed by atoms with Gasteiger partial charge in [-0.15, -0.1) is 0 Å². The Hall–Kier alpha value is -2.38. The third-order valence-corrected chi connectivity index (χ3v) is 5.24. The molecular formula is C19H21ClN4O2S. The number of carbonyl (C=O) groups excluding carboxylic acids is 1. The lowest BCUT2D eigenvalue weighted by Crippen LogP contribution is -2.42. The fourth-order valence-electron chi connectivity index (χ4n) is 2.29. The minimum atomic E-state index is -0.282. The van der Waals surface area contributed by atoms with Crippen LogP contribution in [0.1, 0.15) is 43.4 Å². The Morgan fingerprint density at radius 3 is 2.81 bits per heavy atom. The molecule has 0 fully saturated rings. The first-order chi connectivity index (χ1) is 12.9. The van der Waals surface area contributed by atoms with Gasteiger partial charge in [-0.1, -0.05) is 23.7 Å². The Kier molecular flexibility index (Phi) is 5.82. The van der Waals surface area contributed by atoms with E-state index in [2.05, 4.69) is 20.8 Å². The average Bonchev–Trinajstić information content (AvgIpc) is 3.31. The van der Waals surface area contributed by atoms with Crippen molar-refractivity contribution in [2.24, 2.45) is 0 Å². The molecule has 3 aromatic rings. The Morgan fingerprint density at radius 1 is 1.33 bits per heavy atom. The van der Waals surface area contributed by atoms with Crippen molar-refractivity contribution in [1.82, 2.24) is 15.5 Å². The molecule has 0 saturated heterocycles. The Bertz CT molecular complexity index is 922. The van der Waals surface area contributed by atoms with Crippen LogP contribution in [0.3, 0.4) is 0 Å². The Balaban J connectivity index is 1.63. The summed E-state index contributed by atoms with van der Waals surface area (Å²) in [6.45, 7) is 6.34. The minimum absolute atomic E-state index is 0.185. The molecule has 0 radical (unpaired) electrons. The van der Waals surface area contributed by atoms with Gasteiger partial charge < -0.3 is 15.2 Å². The molecule has 8 heteroatoms. The molecule has 6 nitrogen and oxygen atoms in total. The van der Waals surface area contributed by atoms with E-state index < -0.39 is 0 Å². The molecule has 0 aliphatic carbocycles. The van der Waals surface area contributed by atoms with Crippen LogP contribution in [-0.2, 0) is 6.54 Å². The van der Waals surface area contributed by atoms with Gasteiger partial charge in [-0.25, -0.2) is 0 Å². The molecule has 2 heterocycles. The van der Waals surface area contributed by atoms with Crippen LogP contribution < -0.4 is 10.6 Å². The number of halogens is 1. The van der Waals surface area contributed by atoms with Crippen LogP contribution in [0.5, 0.6) is 0 Å². The van der Waals surface area contributed by atoms with Gasteiger partial charge in [0.05, 0.1) is 17.1 Å². The van der Waals surface area contributed by atoms with Crippen molar-refractivity contribution in [3.05, 3.63) is 51.5 Å². The third kappa shape index (κ3) is 4.87. The van der Waals surface area contributed by atoms with Gasteiger partial charge in [-0.3, -0.25) is 4.79 Å². The van der Waals surface area contributed by atoms with Crippen molar-refractivity contribution >= 4 is 34.5 Å². The monoisotopic (exact) mass is 404 g/mol. The van der Waals surface area contributed by atoms with E-state index in [-0.39, 0.29) is 11.4 Å². The summed E-state index contributed by atoms with van der Waals surface area (Å²) in [4.78, 5) is 16.8. The first-order valence-corrected chi connectivity index (χ1v) is 9.91. The van der Waals surface area contributed by atoms with Gasteiger partial charge in [0.2, 0.25) is 11.7 Å². The number of carbonyl (C=O) groups is 1. The van der Waals surface area contributed by atoms with E-state index in [1.54, 1.807) is 29.5 Å². The van der Waals surface area contributed by atoms with Gasteiger partial charge in [0.1, 0.15) is 0 Å². The summed E-state index contributed by atoms with van der Waals surface area (Å²) in [5.74, 6) is 0.853. The molecule has 142 valence electrons. The second-order valence-electron chi connectivity index (χ2n) is 6.76. The van der Waals surface area contributed by atoms with Gasteiger partial charge in [0.25, 0.3) is 5.91 Å². The first kappa shape index (κ1) is 19.4. The fraction of sp³-hybridized carbons (Fsp3) is 0.316. The highest BCUT2D eigenvalue weighted by Crippen LogP contribution is 2.23. The lowest BCUT2D eigenvalue weighted by Gasteiger charge is -2.24. The number of rotatable bonds is 7. The van der Waals surface area contributed by atoms with Crippen LogP contribution >= 0.6 is 22.9 Å². The number of anilines is 1. The highest BCUT2D eigenvalue weighted by molar-refractivity contribution is 7.08. The second kappa shape index (κ2) is 8.10. The number of nitrogens with one attached hydrogen (secondary N) is 2. The normalized spacial score (nSPS) is 11.4. The Labute approximate surface area is 166 Å². The molecule has 1 amide bonds. The number of thiophene rings is 1. The van der Waals surface area contributed by atoms with Gasteiger partial charge in [0, 0.05) is 22.2 Å². The number of hydrogen-bond donors (Lipinski definition) is 2. The van der Waals surface area contributed by atoms with Crippen LogP contribution in [0.4, 0.5) is 5.69 Å². The molecule has 0 unspecified atom stereocenters. The van der Waals surface area contributed by atoms with Crippen LogP contribution in [0.2, 0.25) is 5.02 Å². The summed E-state index contributed by atoms with van der Waals surface area (Å²) in [5.41, 5.74) is 1.86. The molecule has 0 atom stereocenters. The number of hydrogen-bond acceptors (Lipinski definition) is 6. The van der Waals surface area contributed by atoms with E-state index in [1.807, 2.05) is 37.6 Å². The molecule has 3 rings (SSSR count). The number of aromatic nitrogens is 2. The number of amides is 1. The molecule has 27 heavy (non-hydrogen) atoms. The van der Waals surface area contributed by atoms with E-state index >= 15 is 0 Å². The zero-order valence-corrected chi connectivity index (χ0v) is 16.9. The van der Waals surface area contributed by atoms with Gasteiger partial charge in [-0.2, -0.15) is 16.3 Å². The molecule has 0 saturated carbocycles. The smallest absolute Gasteiger partial charge is 0.253 e. The highest BCUT2D eigenvalue weighted by Gasteiger charge is 2.20. The van der Waals surface area contributed by atoms with Crippen LogP contribution in [-0.4, -0.2) is 21.6 Å². The predicted molar refractivity (Wildman–Crippen MR) is 108 cm³/mol. The van der Waals surface area contributed by atoms with Crippen molar-refractivity contribution in [1.29, 1.82) is 0 Å². The zero-order chi connectivity index (χ0) is 19.4. The number of nitrogens with zero attached hydrogens (tertiary/aromatic N) is 2. The molecule has 0 aliphatic heterocycles. The summed E-state index contributed by atoms with van der Waals surface area (Å²) in [6.07, 6.45) is 0.827. The molecule has 0 spiro atoms. The van der Waals surface area contributed by atoms with Crippen molar-refractivity contribution in [3.8, 4) is 11.4 Å². The van der Waals surface area contributed by atoms with E-state index in [0.717, 1.165) is 17.7 Å². The van der Waals surface area contributed by atoms with Crippen molar-refractivity contribution in [3.63, 3.8) is 0 Å². The Morgan fingerprint density at radius 2 is 2.15 bits per heavy atom. The van der Waals surface area contributed by atoms with E-state index in [1.165, 1.54) is 0 Å². The summed E-state index contributed by atoms with van der Waals surface area (Å²) in [5, 5.41) is 14.4. The molecule has 2 N–H and O–H groups in total. The predicted octanol–water partition coefficient (Wildman–Crippen LogP) is 4.98. The molecule has 2 aromatic heterocycles. The largest absolute Gasteiger partial charge is 0.376 e. The maximum absolute atomic E-state index is 12.4. The van der Waals surface area contributed by atoms with Crippen molar-refractivity contribution in [2.75, 3.05) is 5.32 Å². The molecular weight excluding hydrogens is 384 g/mol. The quantitative estimate of drug-likeness (QED) is 0.580. The van der Waals surface area contributed by atoms with Crippen molar-refractivity contribution < 1.29 is 9.32 Å². The third-order valence-electron chi connectivity index (χ3n) is 4.24. The summed E-state index contributed by atoms with van der Waals surface area (Å²) in [7, 11) is 0. The summed E-state index contributed by atoms with van der Waals surface area (Å²) >= 11 is 7.88. The second-order valence-corrected chi connectivity index (χ2v) is 7.95. The summed E-state index contributed by atoms with van der Waals surface area (Å²) < 4.78 is 5.25. The zero-order valence-electron chi connectivity index (χ0n) is 15.4. The highest BCUT2D eigenvalue weighted by atomic mass is 35.5. The van der Waals surface area contributed by atoms with E-state index in [4.69, 9.17) is 16.1 Å². The first-order valence-electron chi connectivity index (χ1n) is 8.59. The van der Waals surface area contributed by atoms with Crippen LogP contribution in [0.15, 0.2) is 39.5 Å². The topological polar surface area (TPSA) is 80.0 Å². The molecule has 1 aromatic carbocycles. The molecule has 0 bridgehead atoms. The van der Waals surface area contributed by atoms with E-state index in [9.17, 15) is 4.79 Å². The minimum Gasteiger partial charge on any atom is -0.376 e. The average molecular weight is 405 g/mol.